The number of allylic oxidation sites excluding steroid dienone is 2. The van der Waals surface area contributed by atoms with E-state index in [1.807, 2.05) is 0 Å². The van der Waals surface area contributed by atoms with Gasteiger partial charge in [0.1, 0.15) is 0 Å². The van der Waals surface area contributed by atoms with Crippen LogP contribution in [0, 0.1) is 5.92 Å². The van der Waals surface area contributed by atoms with Crippen LogP contribution in [0.2, 0.25) is 32.7 Å². The first-order chi connectivity index (χ1) is 22.9. The van der Waals surface area contributed by atoms with Crippen molar-refractivity contribution in [2.75, 3.05) is 0 Å². The monoisotopic (exact) mass is 799 g/mol. The van der Waals surface area contributed by atoms with Gasteiger partial charge in [0.15, 0.2) is 0 Å². The molecular weight excluding hydrogens is 747 g/mol. The van der Waals surface area contributed by atoms with Gasteiger partial charge in [-0.05, 0) is 0 Å². The Hall–Kier alpha value is -1.74. The second-order valence-electron chi connectivity index (χ2n) is 17.4. The van der Waals surface area contributed by atoms with Crippen LogP contribution in [-0.4, -0.2) is 14.0 Å². The van der Waals surface area contributed by atoms with E-state index in [9.17, 15) is 0 Å². The number of hydrogen-bond acceptors (Lipinski definition) is 0. The van der Waals surface area contributed by atoms with Crippen molar-refractivity contribution in [1.82, 2.24) is 0 Å². The van der Waals surface area contributed by atoms with Crippen molar-refractivity contribution in [3.8, 4) is 22.3 Å². The zero-order chi connectivity index (χ0) is 35.7. The molecule has 0 heterocycles. The molecule has 49 heavy (non-hydrogen) atoms. The van der Waals surface area contributed by atoms with Crippen molar-refractivity contribution < 1.29 is 15.6 Å². The second kappa shape index (κ2) is 13.0. The van der Waals surface area contributed by atoms with Gasteiger partial charge >= 0.3 is 309 Å². The van der Waals surface area contributed by atoms with Crippen LogP contribution in [0.1, 0.15) is 83.0 Å². The Bertz CT molecular complexity index is 1950. The summed E-state index contributed by atoms with van der Waals surface area (Å²) in [6.45, 7) is 26.0. The molecule has 0 saturated carbocycles. The summed E-state index contributed by atoms with van der Waals surface area (Å²) in [4.78, 5) is 0. The minimum atomic E-state index is -4.84. The van der Waals surface area contributed by atoms with Gasteiger partial charge in [-0.2, -0.15) is 0 Å². The molecule has 0 fully saturated rings. The molecule has 3 unspecified atom stereocenters. The minimum absolute atomic E-state index is 0.0887. The Labute approximate surface area is 306 Å². The topological polar surface area (TPSA) is 0 Å². The summed E-state index contributed by atoms with van der Waals surface area (Å²) in [6, 6.07) is 32.4. The second-order valence-corrected chi connectivity index (χ2v) is 64.9. The third-order valence-corrected chi connectivity index (χ3v) is 65.9. The van der Waals surface area contributed by atoms with E-state index in [0.29, 0.717) is 5.92 Å². The Kier molecular flexibility index (Phi) is 9.85. The summed E-state index contributed by atoms with van der Waals surface area (Å²) >= 11 is -4.84. The number of fused-ring (bicyclic) bond motifs is 2. The summed E-state index contributed by atoms with van der Waals surface area (Å²) in [5, 5.41) is 1.49. The average Bonchev–Trinajstić information content (AvgIpc) is 3.62. The summed E-state index contributed by atoms with van der Waals surface area (Å²) < 4.78 is 0.181. The van der Waals surface area contributed by atoms with Gasteiger partial charge < -0.3 is 0 Å². The van der Waals surface area contributed by atoms with Gasteiger partial charge in [-0.1, -0.05) is 0 Å². The Morgan fingerprint density at radius 2 is 1.22 bits per heavy atom. The maximum absolute atomic E-state index is 8.69. The molecule has 0 N–H and O–H groups in total. The van der Waals surface area contributed by atoms with E-state index in [0.717, 1.165) is 6.42 Å². The molecule has 257 valence electrons. The van der Waals surface area contributed by atoms with E-state index in [2.05, 4.69) is 171 Å². The van der Waals surface area contributed by atoms with E-state index in [-0.39, 0.29) is 12.7 Å². The van der Waals surface area contributed by atoms with E-state index >= 15 is 0 Å². The van der Waals surface area contributed by atoms with Crippen molar-refractivity contribution >= 4 is 48.4 Å². The van der Waals surface area contributed by atoms with E-state index in [1.54, 1.807) is 0 Å². The molecular formula is C44H55Cl2Si2Zr. The zero-order valence-electron chi connectivity index (χ0n) is 31.5. The molecule has 2 aliphatic carbocycles. The molecule has 3 atom stereocenters. The third-order valence-electron chi connectivity index (χ3n) is 11.9. The molecule has 6 rings (SSSR count). The maximum atomic E-state index is 8.69. The molecule has 4 aromatic carbocycles. The van der Waals surface area contributed by atoms with Gasteiger partial charge in [0.25, 0.3) is 0 Å². The first-order valence-electron chi connectivity index (χ1n) is 18.3. The van der Waals surface area contributed by atoms with E-state index in [1.165, 1.54) is 66.4 Å². The van der Waals surface area contributed by atoms with E-state index < -0.39 is 29.6 Å². The molecule has 0 aliphatic heterocycles. The van der Waals surface area contributed by atoms with Crippen molar-refractivity contribution in [2.24, 2.45) is 5.92 Å². The fourth-order valence-electron chi connectivity index (χ4n) is 8.62. The Morgan fingerprint density at radius 1 is 0.735 bits per heavy atom. The van der Waals surface area contributed by atoms with Crippen LogP contribution in [0.4, 0.5) is 0 Å². The molecule has 0 saturated heterocycles. The first-order valence-corrected chi connectivity index (χ1v) is 38.1. The van der Waals surface area contributed by atoms with Gasteiger partial charge in [-0.15, -0.1) is 0 Å². The zero-order valence-corrected chi connectivity index (χ0v) is 37.6. The summed E-state index contributed by atoms with van der Waals surface area (Å²) in [6.07, 6.45) is 6.02. The van der Waals surface area contributed by atoms with Crippen LogP contribution in [-0.2, 0) is 21.0 Å². The molecule has 0 spiro atoms. The number of halogens is 2. The SMILES string of the molecule is CCC(C)C1=Cc2c(-c3ccc(C(C)(C)C)cc3)cccc2[CH]1[Zr]([Cl])([Cl])([CH]1C(C)=Cc2c(-c3ccc([Si](C)(C)C)cc3)cccc21)[SiH](C)C. The van der Waals surface area contributed by atoms with Crippen molar-refractivity contribution in [2.45, 2.75) is 93.4 Å². The fraction of sp³-hybridized carbons (Fsp3) is 0.364. The van der Waals surface area contributed by atoms with Crippen LogP contribution < -0.4 is 5.19 Å². The fourth-order valence-corrected chi connectivity index (χ4v) is 41.9. The van der Waals surface area contributed by atoms with Crippen molar-refractivity contribution in [3.05, 3.63) is 124 Å². The van der Waals surface area contributed by atoms with Crippen LogP contribution in [0.5, 0.6) is 0 Å². The van der Waals surface area contributed by atoms with Crippen molar-refractivity contribution in [1.29, 1.82) is 0 Å². The molecule has 0 radical (unpaired) electrons. The standard InChI is InChI=1S/C23H27.C19H21Si.C2H7Si.2ClH.Zr/c1-6-16(2)19-14-18-8-7-9-21(22(18)15-19)17-10-12-20(13-11-17)23(3,4)5;1-14-12-16-6-5-7-18(19(16)13-14)15-8-10-17(11-9-15)20(2,3)4;1-3-2;;;/h7-16H,6H2,1-5H3;5-13H,1-4H3;3H,1-2H3;2*1H;/q;;;;;+2/p-2. The molecule has 2 aliphatic rings. The van der Waals surface area contributed by atoms with Gasteiger partial charge in [0.2, 0.25) is 0 Å². The van der Waals surface area contributed by atoms with Gasteiger partial charge in [-0.3, -0.25) is 0 Å². The molecule has 0 bridgehead atoms. The quantitative estimate of drug-likeness (QED) is 0.156. The summed E-state index contributed by atoms with van der Waals surface area (Å²) in [7, 11) is 16.0. The Balaban J connectivity index is 1.53. The van der Waals surface area contributed by atoms with Crippen LogP contribution in [0.3, 0.4) is 0 Å². The molecule has 0 amide bonds. The van der Waals surface area contributed by atoms with Gasteiger partial charge in [0.05, 0.1) is 0 Å². The Morgan fingerprint density at radius 3 is 1.69 bits per heavy atom. The molecule has 0 aromatic heterocycles. The molecule has 5 heteroatoms. The van der Waals surface area contributed by atoms with E-state index in [4.69, 9.17) is 17.0 Å². The van der Waals surface area contributed by atoms with Gasteiger partial charge in [0, 0.05) is 0 Å². The predicted octanol–water partition coefficient (Wildman–Crippen LogP) is 13.5. The molecule has 0 nitrogen and oxygen atoms in total. The van der Waals surface area contributed by atoms with Crippen LogP contribution in [0.25, 0.3) is 34.4 Å². The average molecular weight is 802 g/mol. The normalized spacial score (nSPS) is 19.2. The third kappa shape index (κ3) is 6.26. The summed E-state index contributed by atoms with van der Waals surface area (Å²) in [5.41, 5.74) is 14.8. The number of rotatable bonds is 8. The van der Waals surface area contributed by atoms with Gasteiger partial charge in [-0.25, -0.2) is 0 Å². The first kappa shape index (κ1) is 37.0. The molecule has 4 aromatic rings. The van der Waals surface area contributed by atoms with Crippen LogP contribution >= 0.6 is 17.0 Å². The van der Waals surface area contributed by atoms with Crippen molar-refractivity contribution in [3.63, 3.8) is 0 Å². The number of benzene rings is 4. The summed E-state index contributed by atoms with van der Waals surface area (Å²) in [5.74, 6) is -1.24. The number of hydrogen-bond donors (Lipinski definition) is 0. The van der Waals surface area contributed by atoms with Crippen LogP contribution in [0.15, 0.2) is 96.1 Å². The predicted molar refractivity (Wildman–Crippen MR) is 223 cm³/mol.